The second-order valence-corrected chi connectivity index (χ2v) is 9.41. The highest BCUT2D eigenvalue weighted by atomic mass is 35.5. The van der Waals surface area contributed by atoms with Crippen LogP contribution in [-0.4, -0.2) is 63.4 Å². The average Bonchev–Trinajstić information content (AvgIpc) is 2.73. The first-order chi connectivity index (χ1) is 13.8. The van der Waals surface area contributed by atoms with Gasteiger partial charge in [0.15, 0.2) is 0 Å². The molecule has 0 spiro atoms. The van der Waals surface area contributed by atoms with Gasteiger partial charge in [-0.05, 0) is 49.9 Å². The number of carbonyl (C=O) groups excluding carboxylic acids is 1. The maximum absolute atomic E-state index is 13.4. The van der Waals surface area contributed by atoms with Crippen LogP contribution in [0.4, 0.5) is 5.69 Å². The van der Waals surface area contributed by atoms with Crippen LogP contribution < -0.4 is 4.31 Å². The molecule has 1 saturated heterocycles. The molecule has 1 heterocycles. The highest BCUT2D eigenvalue weighted by Gasteiger charge is 2.30. The highest BCUT2D eigenvalue weighted by Crippen LogP contribution is 2.25. The number of anilines is 1. The smallest absolute Gasteiger partial charge is 0.264 e. The lowest BCUT2D eigenvalue weighted by Gasteiger charge is -2.35. The summed E-state index contributed by atoms with van der Waals surface area (Å²) in [6.45, 7) is 7.49. The van der Waals surface area contributed by atoms with Crippen molar-refractivity contribution in [1.82, 2.24) is 9.80 Å². The Morgan fingerprint density at radius 3 is 2.14 bits per heavy atom. The summed E-state index contributed by atoms with van der Waals surface area (Å²) < 4.78 is 27.9. The average molecular weight is 436 g/mol. The Morgan fingerprint density at radius 2 is 1.59 bits per heavy atom. The van der Waals surface area contributed by atoms with E-state index in [9.17, 15) is 13.2 Å². The number of halogens is 1. The maximum Gasteiger partial charge on any atom is 0.264 e. The van der Waals surface area contributed by atoms with Gasteiger partial charge in [0.25, 0.3) is 10.0 Å². The molecule has 0 aliphatic carbocycles. The van der Waals surface area contributed by atoms with Gasteiger partial charge in [0, 0.05) is 31.2 Å². The van der Waals surface area contributed by atoms with Crippen molar-refractivity contribution >= 4 is 33.2 Å². The molecule has 0 radical (unpaired) electrons. The molecule has 0 aromatic heterocycles. The number of piperazine rings is 1. The zero-order valence-corrected chi connectivity index (χ0v) is 18.3. The lowest BCUT2D eigenvalue weighted by Crippen LogP contribution is -2.51. The molecule has 1 aliphatic heterocycles. The first-order valence-electron chi connectivity index (χ1n) is 9.66. The lowest BCUT2D eigenvalue weighted by molar-refractivity contribution is -0.131. The van der Waals surface area contributed by atoms with Gasteiger partial charge in [-0.1, -0.05) is 36.2 Å². The summed E-state index contributed by atoms with van der Waals surface area (Å²) in [5, 5.41) is 0.503. The van der Waals surface area contributed by atoms with Crippen LogP contribution in [-0.2, 0) is 14.8 Å². The largest absolute Gasteiger partial charge is 0.339 e. The van der Waals surface area contributed by atoms with Crippen LogP contribution in [0.25, 0.3) is 0 Å². The number of likely N-dealkylation sites (N-methyl/N-ethyl adjacent to an activating group) is 1. The van der Waals surface area contributed by atoms with E-state index in [2.05, 4.69) is 11.8 Å². The van der Waals surface area contributed by atoms with Crippen molar-refractivity contribution in [3.8, 4) is 0 Å². The third-order valence-corrected chi connectivity index (χ3v) is 7.21. The number of nitrogens with zero attached hydrogens (tertiary/aromatic N) is 3. The molecule has 0 atom stereocenters. The number of hydrogen-bond donors (Lipinski definition) is 0. The van der Waals surface area contributed by atoms with Crippen LogP contribution >= 0.6 is 11.6 Å². The minimum Gasteiger partial charge on any atom is -0.339 e. The quantitative estimate of drug-likeness (QED) is 0.699. The molecule has 3 rings (SSSR count). The molecule has 0 bridgehead atoms. The van der Waals surface area contributed by atoms with Crippen LogP contribution in [0.15, 0.2) is 53.4 Å². The second-order valence-electron chi connectivity index (χ2n) is 7.12. The molecule has 156 valence electrons. The van der Waals surface area contributed by atoms with E-state index in [0.717, 1.165) is 25.2 Å². The van der Waals surface area contributed by atoms with Crippen molar-refractivity contribution in [3.05, 3.63) is 59.1 Å². The number of aryl methyl sites for hydroxylation is 1. The first kappa shape index (κ1) is 21.6. The lowest BCUT2D eigenvalue weighted by atomic mass is 10.2. The van der Waals surface area contributed by atoms with Gasteiger partial charge in [-0.15, -0.1) is 0 Å². The predicted octanol–water partition coefficient (Wildman–Crippen LogP) is 3.01. The standard InChI is InChI=1S/C21H26ClN3O3S/c1-3-23-12-14-24(15-13-23)21(26)16-25(19-8-6-18(22)7-9-19)29(27,28)20-10-4-17(2)5-11-20/h4-11H,3,12-16H2,1-2H3. The molecule has 6 nitrogen and oxygen atoms in total. The first-order valence-corrected chi connectivity index (χ1v) is 11.5. The number of carbonyl (C=O) groups is 1. The van der Waals surface area contributed by atoms with E-state index < -0.39 is 10.0 Å². The van der Waals surface area contributed by atoms with Gasteiger partial charge in [-0.3, -0.25) is 9.10 Å². The Morgan fingerprint density at radius 1 is 1.00 bits per heavy atom. The fraction of sp³-hybridized carbons (Fsp3) is 0.381. The Bertz CT molecular complexity index is 938. The van der Waals surface area contributed by atoms with Crippen LogP contribution in [0.5, 0.6) is 0 Å². The Kier molecular flexibility index (Phi) is 6.82. The third kappa shape index (κ3) is 5.10. The minimum absolute atomic E-state index is 0.154. The Hall–Kier alpha value is -2.09. The molecule has 2 aromatic carbocycles. The van der Waals surface area contributed by atoms with Gasteiger partial charge in [-0.25, -0.2) is 8.42 Å². The fourth-order valence-electron chi connectivity index (χ4n) is 3.30. The molecule has 1 fully saturated rings. The SMILES string of the molecule is CCN1CCN(C(=O)CN(c2ccc(Cl)cc2)S(=O)(=O)c2ccc(C)cc2)CC1. The molecule has 2 aromatic rings. The van der Waals surface area contributed by atoms with E-state index in [1.165, 1.54) is 4.31 Å². The van der Waals surface area contributed by atoms with Gasteiger partial charge < -0.3 is 9.80 Å². The number of amides is 1. The van der Waals surface area contributed by atoms with E-state index in [1.54, 1.807) is 53.4 Å². The fourth-order valence-corrected chi connectivity index (χ4v) is 4.84. The Balaban J connectivity index is 1.88. The van der Waals surface area contributed by atoms with Crippen molar-refractivity contribution in [2.45, 2.75) is 18.7 Å². The molecule has 29 heavy (non-hydrogen) atoms. The number of rotatable bonds is 6. The minimum atomic E-state index is -3.90. The maximum atomic E-state index is 13.4. The normalized spacial score (nSPS) is 15.3. The summed E-state index contributed by atoms with van der Waals surface area (Å²) in [4.78, 5) is 17.1. The van der Waals surface area contributed by atoms with E-state index in [0.29, 0.717) is 23.8 Å². The van der Waals surface area contributed by atoms with Crippen molar-refractivity contribution in [2.24, 2.45) is 0 Å². The number of hydrogen-bond acceptors (Lipinski definition) is 4. The van der Waals surface area contributed by atoms with Gasteiger partial charge in [0.2, 0.25) is 5.91 Å². The van der Waals surface area contributed by atoms with Crippen molar-refractivity contribution in [1.29, 1.82) is 0 Å². The zero-order valence-electron chi connectivity index (χ0n) is 16.7. The highest BCUT2D eigenvalue weighted by molar-refractivity contribution is 7.92. The van der Waals surface area contributed by atoms with Crippen molar-refractivity contribution in [2.75, 3.05) is 43.6 Å². The number of benzene rings is 2. The van der Waals surface area contributed by atoms with Gasteiger partial charge in [0.1, 0.15) is 6.54 Å². The van der Waals surface area contributed by atoms with Gasteiger partial charge >= 0.3 is 0 Å². The predicted molar refractivity (Wildman–Crippen MR) is 116 cm³/mol. The second kappa shape index (κ2) is 9.15. The molecular formula is C21H26ClN3O3S. The van der Waals surface area contributed by atoms with E-state index in [-0.39, 0.29) is 17.3 Å². The molecule has 1 aliphatic rings. The summed E-state index contributed by atoms with van der Waals surface area (Å²) in [7, 11) is -3.90. The van der Waals surface area contributed by atoms with Crippen molar-refractivity contribution in [3.63, 3.8) is 0 Å². The molecule has 0 saturated carbocycles. The molecule has 0 unspecified atom stereocenters. The van der Waals surface area contributed by atoms with Gasteiger partial charge in [-0.2, -0.15) is 0 Å². The van der Waals surface area contributed by atoms with Crippen LogP contribution in [0, 0.1) is 6.92 Å². The van der Waals surface area contributed by atoms with Gasteiger partial charge in [0.05, 0.1) is 10.6 Å². The zero-order chi connectivity index (χ0) is 21.0. The third-order valence-electron chi connectivity index (χ3n) is 5.17. The molecule has 1 amide bonds. The summed E-state index contributed by atoms with van der Waals surface area (Å²) >= 11 is 5.97. The molecule has 8 heteroatoms. The van der Waals surface area contributed by atoms with Crippen LogP contribution in [0.2, 0.25) is 5.02 Å². The van der Waals surface area contributed by atoms with Crippen molar-refractivity contribution < 1.29 is 13.2 Å². The van der Waals surface area contributed by atoms with E-state index in [1.807, 2.05) is 6.92 Å². The van der Waals surface area contributed by atoms with Crippen LogP contribution in [0.1, 0.15) is 12.5 Å². The summed E-state index contributed by atoms with van der Waals surface area (Å²) in [5.74, 6) is -0.202. The number of sulfonamides is 1. The van der Waals surface area contributed by atoms with E-state index >= 15 is 0 Å². The molecule has 0 N–H and O–H groups in total. The summed E-state index contributed by atoms with van der Waals surface area (Å²) in [5.41, 5.74) is 1.38. The molecular weight excluding hydrogens is 410 g/mol. The van der Waals surface area contributed by atoms with Crippen LogP contribution in [0.3, 0.4) is 0 Å². The summed E-state index contributed by atoms with van der Waals surface area (Å²) in [6, 6.07) is 13.1. The van der Waals surface area contributed by atoms with E-state index in [4.69, 9.17) is 11.6 Å². The monoisotopic (exact) mass is 435 g/mol. The topological polar surface area (TPSA) is 60.9 Å². The Labute approximate surface area is 177 Å². The summed E-state index contributed by atoms with van der Waals surface area (Å²) in [6.07, 6.45) is 0.